The molecule has 3 saturated carbocycles. The summed E-state index contributed by atoms with van der Waals surface area (Å²) in [6.07, 6.45) is 13.3. The normalized spacial score (nSPS) is 22.8. The summed E-state index contributed by atoms with van der Waals surface area (Å²) in [5.41, 5.74) is 12.5. The number of methoxy groups -OCH3 is 1. The number of nitrogens with zero attached hydrogens (tertiary/aromatic N) is 4. The summed E-state index contributed by atoms with van der Waals surface area (Å²) >= 11 is 0. The minimum Gasteiger partial charge on any atom is -0.497 e. The van der Waals surface area contributed by atoms with Crippen molar-refractivity contribution < 1.29 is 38.5 Å². The summed E-state index contributed by atoms with van der Waals surface area (Å²) in [6.45, 7) is 14.5. The van der Waals surface area contributed by atoms with Gasteiger partial charge in [-0.3, -0.25) is 4.79 Å². The van der Waals surface area contributed by atoms with Gasteiger partial charge in [0.2, 0.25) is 0 Å². The molecule has 3 aliphatic carbocycles. The first-order valence-corrected chi connectivity index (χ1v) is 29.2. The molecule has 7 aliphatic rings. The Morgan fingerprint density at radius 3 is 1.88 bits per heavy atom. The van der Waals surface area contributed by atoms with Gasteiger partial charge in [-0.05, 0) is 109 Å². The number of amides is 4. The average Bonchev–Trinajstić information content (AvgIpc) is 3.78. The number of aldehydes is 1. The average molecular weight is 1060 g/mol. The highest BCUT2D eigenvalue weighted by Crippen LogP contribution is 2.61. The van der Waals surface area contributed by atoms with Gasteiger partial charge in [-0.1, -0.05) is 102 Å². The second-order valence-electron chi connectivity index (χ2n) is 22.7. The van der Waals surface area contributed by atoms with E-state index >= 15 is 0 Å². The Bertz CT molecular complexity index is 3230. The van der Waals surface area contributed by atoms with Crippen molar-refractivity contribution in [2.24, 2.45) is 0 Å². The van der Waals surface area contributed by atoms with Crippen molar-refractivity contribution in [1.82, 2.24) is 29.6 Å². The number of benzene rings is 4. The fraction of sp³-hybridized carbons (Fsp3) is 0.500. The number of carbonyl (C=O) groups is 4. The number of morpholine rings is 2. The number of aromatic nitrogens is 2. The molecule has 2 saturated heterocycles. The summed E-state index contributed by atoms with van der Waals surface area (Å²) in [6, 6.07) is 26.8. The van der Waals surface area contributed by atoms with Gasteiger partial charge in [-0.25, -0.2) is 14.4 Å². The number of hydrogen-bond donors (Lipinski definition) is 3. The van der Waals surface area contributed by atoms with Crippen LogP contribution in [-0.2, 0) is 22.6 Å². The van der Waals surface area contributed by atoms with E-state index in [1.807, 2.05) is 47.9 Å². The number of carbonyl (C=O) groups excluding carboxylic acids is 3. The number of carboxylic acid groups (broad SMARTS) is 1. The van der Waals surface area contributed by atoms with E-state index in [0.29, 0.717) is 82.5 Å². The molecule has 14 nitrogen and oxygen atoms in total. The molecule has 6 heterocycles. The monoisotopic (exact) mass is 1060 g/mol. The van der Waals surface area contributed by atoms with Gasteiger partial charge >= 0.3 is 18.0 Å². The molecule has 4 unspecified atom stereocenters. The maximum Gasteiger partial charge on any atom is 0.335 e. The first-order chi connectivity index (χ1) is 38.1. The van der Waals surface area contributed by atoms with Crippen molar-refractivity contribution in [1.29, 1.82) is 0 Å². The van der Waals surface area contributed by atoms with Gasteiger partial charge in [0.05, 0.1) is 61.6 Å². The number of hydrogen-bond acceptors (Lipinski definition) is 7. The Morgan fingerprint density at radius 1 is 0.705 bits per heavy atom. The van der Waals surface area contributed by atoms with Crippen LogP contribution in [0.4, 0.5) is 9.59 Å². The number of fused-ring (bicyclic) bond motifs is 14. The van der Waals surface area contributed by atoms with Crippen LogP contribution in [0.5, 0.6) is 5.75 Å². The van der Waals surface area contributed by atoms with E-state index in [9.17, 15) is 24.3 Å². The molecule has 3 N–H and O–H groups in total. The summed E-state index contributed by atoms with van der Waals surface area (Å²) < 4.78 is 21.3. The third kappa shape index (κ3) is 9.64. The Kier molecular flexibility index (Phi) is 15.2. The Labute approximate surface area is 458 Å². The topological polar surface area (TPSA) is 157 Å². The fourth-order valence-corrected chi connectivity index (χ4v) is 14.2. The van der Waals surface area contributed by atoms with Gasteiger partial charge in [0.1, 0.15) is 12.0 Å². The third-order valence-corrected chi connectivity index (χ3v) is 18.1. The number of aromatic carboxylic acids is 1. The third-order valence-electron chi connectivity index (χ3n) is 18.1. The first kappa shape index (κ1) is 53.4. The standard InChI is InChI=1S/C32H39N3O5.C30H33N3O3.C2H6/c1-4-6-20(7-5-2)28-24-10-8-21(30(36)37)16-27(24)35-19-32(33-31(38)34-12-14-40-15-13-34)18-26(32)25-17-22(39-3)9-11-23(25)29(28)35;34-18-20-10-11-24-26(16-20)33-19-30(31-29(35)32-12-14-36-15-13-32)17-25(30)22-8-4-5-9-23(22)28(33)27(24)21-6-2-1-3-7-21;1-2/h8-11,16-17,20,26H,4-7,12-15,18-19H2,1-3H3,(H,33,38)(H,36,37);4-5,8-11,16,18,21,25H,1-3,6-7,12-15,17,19H2,(H,31,35);1-2H3. The van der Waals surface area contributed by atoms with E-state index < -0.39 is 11.5 Å². The van der Waals surface area contributed by atoms with Crippen LogP contribution >= 0.6 is 0 Å². The minimum absolute atomic E-state index is 0.0132. The summed E-state index contributed by atoms with van der Waals surface area (Å²) in [4.78, 5) is 54.4. The molecular weight excluding hydrogens is 981 g/mol. The number of nitrogens with one attached hydrogen (secondary N) is 2. The lowest BCUT2D eigenvalue weighted by Crippen LogP contribution is -2.51. The smallest absolute Gasteiger partial charge is 0.335 e. The van der Waals surface area contributed by atoms with Crippen molar-refractivity contribution >= 4 is 46.1 Å². The van der Waals surface area contributed by atoms with Crippen molar-refractivity contribution in [2.75, 3.05) is 59.7 Å². The van der Waals surface area contributed by atoms with Crippen LogP contribution < -0.4 is 15.4 Å². The molecular formula is C64H78N6O8. The molecule has 2 aromatic heterocycles. The highest BCUT2D eigenvalue weighted by Gasteiger charge is 2.60. The zero-order valence-corrected chi connectivity index (χ0v) is 46.3. The Hall–Kier alpha value is -6.64. The lowest BCUT2D eigenvalue weighted by Gasteiger charge is -2.30. The largest absolute Gasteiger partial charge is 0.497 e. The molecule has 4 aromatic carbocycles. The zero-order valence-electron chi connectivity index (χ0n) is 46.3. The number of carboxylic acids is 1. The van der Waals surface area contributed by atoms with Crippen LogP contribution in [0.2, 0.25) is 0 Å². The molecule has 78 heavy (non-hydrogen) atoms. The molecule has 0 bridgehead atoms. The van der Waals surface area contributed by atoms with Crippen LogP contribution in [0, 0.1) is 0 Å². The van der Waals surface area contributed by atoms with Gasteiger partial charge in [-0.15, -0.1) is 0 Å². The van der Waals surface area contributed by atoms with Crippen LogP contribution in [0.3, 0.4) is 0 Å². The molecule has 13 rings (SSSR count). The highest BCUT2D eigenvalue weighted by atomic mass is 16.5. The van der Waals surface area contributed by atoms with Crippen LogP contribution in [0.25, 0.3) is 44.3 Å². The number of rotatable bonds is 11. The Morgan fingerprint density at radius 2 is 1.28 bits per heavy atom. The number of urea groups is 2. The summed E-state index contributed by atoms with van der Waals surface area (Å²) in [5.74, 6) is 1.19. The van der Waals surface area contributed by atoms with Gasteiger partial charge < -0.3 is 48.9 Å². The molecule has 4 atom stereocenters. The first-order valence-electron chi connectivity index (χ1n) is 29.2. The molecule has 4 amide bonds. The van der Waals surface area contributed by atoms with Gasteiger partial charge in [0, 0.05) is 89.6 Å². The fourth-order valence-electron chi connectivity index (χ4n) is 14.2. The van der Waals surface area contributed by atoms with E-state index in [0.717, 1.165) is 84.8 Å². The van der Waals surface area contributed by atoms with Gasteiger partial charge in [0.15, 0.2) is 0 Å². The quantitative estimate of drug-likeness (QED) is 0.108. The highest BCUT2D eigenvalue weighted by molar-refractivity contribution is 6.00. The van der Waals surface area contributed by atoms with Crippen LogP contribution in [0.15, 0.2) is 78.9 Å². The second kappa shape index (κ2) is 22.2. The SMILES string of the molecule is CC.CCCC(CCC)c1c2n(c3cc(C(=O)O)ccc13)CC1(NC(=O)N3CCOCC3)CC1c1cc(OC)ccc1-2.O=Cc1ccc2c(C3CCCCC3)c3n(c2c1)CC1(NC(=O)N2CCOCC2)CC1c1ccccc1-3. The van der Waals surface area contributed by atoms with E-state index in [1.165, 1.54) is 71.0 Å². The van der Waals surface area contributed by atoms with Crippen LogP contribution in [-0.4, -0.2) is 119 Å². The molecule has 14 heteroatoms. The van der Waals surface area contributed by atoms with Crippen LogP contribution in [0.1, 0.15) is 165 Å². The molecule has 4 aliphatic heterocycles. The minimum atomic E-state index is -0.934. The lowest BCUT2D eigenvalue weighted by molar-refractivity contribution is 0.0520. The summed E-state index contributed by atoms with van der Waals surface area (Å²) in [7, 11) is 1.69. The molecule has 6 aromatic rings. The van der Waals surface area contributed by atoms with Crippen molar-refractivity contribution in [3.05, 3.63) is 112 Å². The van der Waals surface area contributed by atoms with E-state index in [4.69, 9.17) is 14.2 Å². The summed E-state index contributed by atoms with van der Waals surface area (Å²) in [5, 5.41) is 19.2. The Balaban J connectivity index is 0.000000161. The molecule has 5 fully saturated rings. The zero-order chi connectivity index (χ0) is 54.3. The molecule has 412 valence electrons. The van der Waals surface area contributed by atoms with Gasteiger partial charge in [-0.2, -0.15) is 0 Å². The van der Waals surface area contributed by atoms with Gasteiger partial charge in [0.25, 0.3) is 0 Å². The maximum atomic E-state index is 13.5. The maximum absolute atomic E-state index is 13.5. The lowest BCUT2D eigenvalue weighted by atomic mass is 9.81. The predicted octanol–water partition coefficient (Wildman–Crippen LogP) is 12.5. The predicted molar refractivity (Wildman–Crippen MR) is 305 cm³/mol. The van der Waals surface area contributed by atoms with Crippen molar-refractivity contribution in [2.45, 2.75) is 146 Å². The molecule has 0 radical (unpaired) electrons. The van der Waals surface area contributed by atoms with Crippen molar-refractivity contribution in [3.8, 4) is 28.3 Å². The van der Waals surface area contributed by atoms with E-state index in [1.54, 1.807) is 13.2 Å². The van der Waals surface area contributed by atoms with E-state index in [-0.39, 0.29) is 29.1 Å². The van der Waals surface area contributed by atoms with E-state index in [2.05, 4.69) is 82.1 Å². The van der Waals surface area contributed by atoms with Crippen molar-refractivity contribution in [3.63, 3.8) is 0 Å². The molecule has 0 spiro atoms. The second-order valence-corrected chi connectivity index (χ2v) is 22.7. The number of ether oxygens (including phenoxy) is 3.